The Bertz CT molecular complexity index is 813. The fourth-order valence-electron chi connectivity index (χ4n) is 4.27. The van der Waals surface area contributed by atoms with Crippen molar-refractivity contribution in [3.8, 4) is 5.69 Å². The second kappa shape index (κ2) is 7.59. The molecule has 0 saturated carbocycles. The summed E-state index contributed by atoms with van der Waals surface area (Å²) in [6, 6.07) is 6.65. The van der Waals surface area contributed by atoms with Crippen LogP contribution in [0.1, 0.15) is 68.4 Å². The number of aryl methyl sites for hydroxylation is 1. The van der Waals surface area contributed by atoms with E-state index in [1.165, 1.54) is 49.1 Å². The smallest absolute Gasteiger partial charge is 0.160 e. The van der Waals surface area contributed by atoms with Gasteiger partial charge in [-0.15, -0.1) is 0 Å². The Morgan fingerprint density at radius 3 is 2.58 bits per heavy atom. The third-order valence-electron chi connectivity index (χ3n) is 5.70. The Labute approximate surface area is 165 Å². The largest absolute Gasteiger partial charge is 0.369 e. The average molecular weight is 414 g/mol. The number of hydrogen-bond donors (Lipinski definition) is 0. The van der Waals surface area contributed by atoms with Crippen molar-refractivity contribution in [2.45, 2.75) is 58.3 Å². The van der Waals surface area contributed by atoms with Gasteiger partial charge < -0.3 is 4.90 Å². The van der Waals surface area contributed by atoms with Crippen molar-refractivity contribution in [1.29, 1.82) is 0 Å². The standard InChI is InChI=1S/C22H28BrN3/c1-16-8-10-21(25-12-6-4-3-5-7-13-25)22-24-17(2)15-26(22)20-11-9-18(23)14-19(16)20/h9-11,14-16H,3-8,12-13H2,1-2H3. The van der Waals surface area contributed by atoms with Crippen LogP contribution in [-0.4, -0.2) is 27.5 Å². The van der Waals surface area contributed by atoms with Crippen LogP contribution in [0.15, 0.2) is 34.9 Å². The first kappa shape index (κ1) is 17.8. The van der Waals surface area contributed by atoms with Gasteiger partial charge in [-0.05, 0) is 55.9 Å². The molecule has 2 aliphatic heterocycles. The number of rotatable bonds is 1. The molecule has 1 atom stereocenters. The number of nitrogens with zero attached hydrogens (tertiary/aromatic N) is 3. The average Bonchev–Trinajstić information content (AvgIpc) is 2.96. The molecule has 4 rings (SSSR count). The van der Waals surface area contributed by atoms with E-state index < -0.39 is 0 Å². The predicted molar refractivity (Wildman–Crippen MR) is 112 cm³/mol. The fourth-order valence-corrected chi connectivity index (χ4v) is 4.65. The third kappa shape index (κ3) is 3.48. The lowest BCUT2D eigenvalue weighted by Crippen LogP contribution is -2.28. The molecule has 0 bridgehead atoms. The minimum absolute atomic E-state index is 0.489. The molecule has 0 N–H and O–H groups in total. The van der Waals surface area contributed by atoms with Gasteiger partial charge in [-0.3, -0.25) is 4.57 Å². The van der Waals surface area contributed by atoms with Gasteiger partial charge >= 0.3 is 0 Å². The first-order valence-electron chi connectivity index (χ1n) is 9.95. The van der Waals surface area contributed by atoms with E-state index in [1.807, 2.05) is 0 Å². The summed E-state index contributed by atoms with van der Waals surface area (Å²) in [5.41, 5.74) is 5.08. The van der Waals surface area contributed by atoms with Crippen LogP contribution in [0.25, 0.3) is 11.4 Å². The van der Waals surface area contributed by atoms with Crippen LogP contribution >= 0.6 is 15.9 Å². The van der Waals surface area contributed by atoms with Crippen molar-refractivity contribution in [3.63, 3.8) is 0 Å². The van der Waals surface area contributed by atoms with Crippen molar-refractivity contribution >= 4 is 21.6 Å². The first-order chi connectivity index (χ1) is 12.6. The molecule has 1 unspecified atom stereocenters. The zero-order valence-electron chi connectivity index (χ0n) is 15.8. The summed E-state index contributed by atoms with van der Waals surface area (Å²) in [5.74, 6) is 1.60. The summed E-state index contributed by atoms with van der Waals surface area (Å²) in [4.78, 5) is 7.54. The van der Waals surface area contributed by atoms with Crippen molar-refractivity contribution in [2.24, 2.45) is 0 Å². The molecule has 1 fully saturated rings. The topological polar surface area (TPSA) is 21.1 Å². The molecule has 0 aliphatic carbocycles. The Balaban J connectivity index is 1.81. The molecule has 0 radical (unpaired) electrons. The van der Waals surface area contributed by atoms with Gasteiger partial charge in [-0.2, -0.15) is 0 Å². The van der Waals surface area contributed by atoms with E-state index in [9.17, 15) is 0 Å². The third-order valence-corrected chi connectivity index (χ3v) is 6.19. The lowest BCUT2D eigenvalue weighted by Gasteiger charge is -2.31. The first-order valence-corrected chi connectivity index (χ1v) is 10.7. The molecule has 2 aliphatic rings. The van der Waals surface area contributed by atoms with Crippen LogP contribution in [0.2, 0.25) is 0 Å². The highest BCUT2D eigenvalue weighted by Gasteiger charge is 2.24. The molecule has 138 valence electrons. The number of hydrogen-bond acceptors (Lipinski definition) is 2. The van der Waals surface area contributed by atoms with Crippen LogP contribution in [0.5, 0.6) is 0 Å². The summed E-state index contributed by atoms with van der Waals surface area (Å²) >= 11 is 3.65. The SMILES string of the molecule is Cc1cn2c(n1)C(N1CCCCCCC1)=CCC(C)c1cc(Br)ccc1-2. The number of likely N-dealkylation sites (tertiary alicyclic amines) is 1. The number of allylic oxidation sites excluding steroid dienone is 1. The van der Waals surface area contributed by atoms with Gasteiger partial charge in [0.15, 0.2) is 5.82 Å². The molecule has 1 aromatic heterocycles. The number of fused-ring (bicyclic) bond motifs is 3. The monoisotopic (exact) mass is 413 g/mol. The highest BCUT2D eigenvalue weighted by molar-refractivity contribution is 9.10. The number of benzene rings is 1. The molecule has 2 aromatic rings. The number of imidazole rings is 1. The molecular weight excluding hydrogens is 386 g/mol. The van der Waals surface area contributed by atoms with Gasteiger partial charge in [0.25, 0.3) is 0 Å². The lowest BCUT2D eigenvalue weighted by atomic mass is 9.94. The van der Waals surface area contributed by atoms with Crippen LogP contribution in [-0.2, 0) is 0 Å². The number of halogens is 1. The maximum atomic E-state index is 4.95. The van der Waals surface area contributed by atoms with E-state index in [4.69, 9.17) is 4.98 Å². The quantitative estimate of drug-likeness (QED) is 0.566. The van der Waals surface area contributed by atoms with E-state index in [2.05, 4.69) is 69.7 Å². The zero-order chi connectivity index (χ0) is 18.1. The molecule has 4 heteroatoms. The second-order valence-electron chi connectivity index (χ2n) is 7.76. The van der Waals surface area contributed by atoms with Gasteiger partial charge in [0.2, 0.25) is 0 Å². The summed E-state index contributed by atoms with van der Waals surface area (Å²) in [6.45, 7) is 6.74. The van der Waals surface area contributed by atoms with E-state index in [0.29, 0.717) is 5.92 Å². The molecule has 3 nitrogen and oxygen atoms in total. The van der Waals surface area contributed by atoms with Gasteiger partial charge in [0.05, 0.1) is 17.1 Å². The van der Waals surface area contributed by atoms with Crippen LogP contribution < -0.4 is 0 Å². The van der Waals surface area contributed by atoms with E-state index in [1.54, 1.807) is 0 Å². The maximum absolute atomic E-state index is 4.95. The molecule has 3 heterocycles. The molecule has 26 heavy (non-hydrogen) atoms. The van der Waals surface area contributed by atoms with Crippen molar-refractivity contribution in [2.75, 3.05) is 13.1 Å². The Hall–Kier alpha value is -1.55. The van der Waals surface area contributed by atoms with Gasteiger partial charge in [0.1, 0.15) is 0 Å². The van der Waals surface area contributed by atoms with E-state index >= 15 is 0 Å². The Morgan fingerprint density at radius 2 is 1.81 bits per heavy atom. The molecule has 1 saturated heterocycles. The predicted octanol–water partition coefficient (Wildman–Crippen LogP) is 6.06. The summed E-state index contributed by atoms with van der Waals surface area (Å²) in [7, 11) is 0. The van der Waals surface area contributed by atoms with Crippen molar-refractivity contribution < 1.29 is 0 Å². The van der Waals surface area contributed by atoms with Crippen LogP contribution in [0, 0.1) is 6.92 Å². The van der Waals surface area contributed by atoms with Crippen molar-refractivity contribution in [3.05, 3.63) is 52.0 Å². The fraction of sp³-hybridized carbons (Fsp3) is 0.500. The van der Waals surface area contributed by atoms with Crippen LogP contribution in [0.4, 0.5) is 0 Å². The van der Waals surface area contributed by atoms with Crippen LogP contribution in [0.3, 0.4) is 0 Å². The highest BCUT2D eigenvalue weighted by atomic mass is 79.9. The Kier molecular flexibility index (Phi) is 5.21. The summed E-state index contributed by atoms with van der Waals surface area (Å²) in [6.07, 6.45) is 12.4. The lowest BCUT2D eigenvalue weighted by molar-refractivity contribution is 0.343. The van der Waals surface area contributed by atoms with E-state index in [-0.39, 0.29) is 0 Å². The normalized spacial score (nSPS) is 21.0. The Morgan fingerprint density at radius 1 is 1.08 bits per heavy atom. The second-order valence-corrected chi connectivity index (χ2v) is 8.68. The molecule has 0 amide bonds. The number of aromatic nitrogens is 2. The van der Waals surface area contributed by atoms with Gasteiger partial charge in [0, 0.05) is 23.8 Å². The zero-order valence-corrected chi connectivity index (χ0v) is 17.4. The minimum Gasteiger partial charge on any atom is -0.369 e. The minimum atomic E-state index is 0.489. The molecular formula is C22H28BrN3. The summed E-state index contributed by atoms with van der Waals surface area (Å²) in [5, 5.41) is 0. The van der Waals surface area contributed by atoms with Crippen molar-refractivity contribution in [1.82, 2.24) is 14.5 Å². The highest BCUT2D eigenvalue weighted by Crippen LogP contribution is 2.35. The summed E-state index contributed by atoms with van der Waals surface area (Å²) < 4.78 is 3.47. The van der Waals surface area contributed by atoms with Gasteiger partial charge in [-0.1, -0.05) is 48.2 Å². The molecule has 1 aromatic carbocycles. The molecule has 0 spiro atoms. The van der Waals surface area contributed by atoms with E-state index in [0.717, 1.165) is 35.5 Å². The maximum Gasteiger partial charge on any atom is 0.160 e. The van der Waals surface area contributed by atoms with Gasteiger partial charge in [-0.25, -0.2) is 4.98 Å².